The summed E-state index contributed by atoms with van der Waals surface area (Å²) in [6.45, 7) is 0. The first-order valence-electron chi connectivity index (χ1n) is 3.90. The Labute approximate surface area is 97.5 Å². The highest BCUT2D eigenvalue weighted by molar-refractivity contribution is 8.17. The van der Waals surface area contributed by atoms with Crippen molar-refractivity contribution in [3.8, 4) is 0 Å². The van der Waals surface area contributed by atoms with Gasteiger partial charge in [-0.3, -0.25) is 9.11 Å². The third kappa shape index (κ3) is 3.20. The molecule has 0 spiro atoms. The van der Waals surface area contributed by atoms with Gasteiger partial charge in [0.1, 0.15) is 5.88 Å². The Bertz CT molecular complexity index is 423. The molecule has 0 atom stereocenters. The van der Waals surface area contributed by atoms with Crippen LogP contribution in [-0.2, 0) is 18.9 Å². The standard InChI is InChI=1S/C5H11F6NO4S2/c1-17(13,14,4(6,7)8)3-12-18(2,15,16)5(9,10)11/h3H2,1-2H3,(H,13,14)(H2,12,15,16). The molecule has 3 N–H and O–H groups in total. The Morgan fingerprint density at radius 3 is 1.50 bits per heavy atom. The lowest BCUT2D eigenvalue weighted by Gasteiger charge is -2.46. The minimum absolute atomic E-state index is 0.247. The zero-order chi connectivity index (χ0) is 15.3. The van der Waals surface area contributed by atoms with Crippen LogP contribution in [-0.4, -0.2) is 46.9 Å². The lowest BCUT2D eigenvalue weighted by Crippen LogP contribution is -2.63. The van der Waals surface area contributed by atoms with Crippen molar-refractivity contribution in [2.24, 2.45) is 0 Å². The first-order valence-corrected chi connectivity index (χ1v) is 8.74. The maximum Gasteiger partial charge on any atom is 0.504 e. The molecule has 0 aliphatic carbocycles. The molecule has 114 valence electrons. The third-order valence-corrected chi connectivity index (χ3v) is 5.99. The van der Waals surface area contributed by atoms with Crippen LogP contribution in [0.4, 0.5) is 26.3 Å². The van der Waals surface area contributed by atoms with Crippen molar-refractivity contribution in [1.29, 1.82) is 0 Å². The SMILES string of the molecule is CS(=O)(O)(CNS(C)(=O)(O)C(F)(F)F)C(F)(F)F. The van der Waals surface area contributed by atoms with Crippen LogP contribution in [0.15, 0.2) is 0 Å². The van der Waals surface area contributed by atoms with E-state index in [2.05, 4.69) is 0 Å². The molecule has 0 unspecified atom stereocenters. The van der Waals surface area contributed by atoms with Crippen molar-refractivity contribution in [2.45, 2.75) is 11.0 Å². The molecule has 0 bridgehead atoms. The molecule has 0 aromatic rings. The summed E-state index contributed by atoms with van der Waals surface area (Å²) in [5.74, 6) is -2.25. The monoisotopic (exact) mass is 327 g/mol. The molecule has 0 radical (unpaired) electrons. The number of rotatable bonds is 3. The summed E-state index contributed by atoms with van der Waals surface area (Å²) >= 11 is 0. The van der Waals surface area contributed by atoms with Crippen molar-refractivity contribution in [3.05, 3.63) is 0 Å². The predicted octanol–water partition coefficient (Wildman–Crippen LogP) is 1.33. The molecule has 0 fully saturated rings. The summed E-state index contributed by atoms with van der Waals surface area (Å²) in [6, 6.07) is 0. The van der Waals surface area contributed by atoms with Crippen LogP contribution in [0.1, 0.15) is 0 Å². The van der Waals surface area contributed by atoms with Crippen LogP contribution in [0.2, 0.25) is 0 Å². The quantitative estimate of drug-likeness (QED) is 0.683. The number of nitrogens with one attached hydrogen (secondary N) is 1. The minimum Gasteiger partial charge on any atom is -0.295 e. The van der Waals surface area contributed by atoms with Crippen LogP contribution in [0.5, 0.6) is 0 Å². The van der Waals surface area contributed by atoms with Gasteiger partial charge >= 0.3 is 11.0 Å². The normalized spacial score (nSPS) is 19.7. The van der Waals surface area contributed by atoms with Gasteiger partial charge in [0.05, 0.1) is 0 Å². The fourth-order valence-corrected chi connectivity index (χ4v) is 2.99. The van der Waals surface area contributed by atoms with Crippen molar-refractivity contribution in [2.75, 3.05) is 18.4 Å². The fourth-order valence-electron chi connectivity index (χ4n) is 0.441. The molecule has 0 saturated carbocycles. The number of halogens is 6. The second-order valence-corrected chi connectivity index (χ2v) is 11.0. The van der Waals surface area contributed by atoms with Gasteiger partial charge in [0.15, 0.2) is 0 Å². The van der Waals surface area contributed by atoms with Crippen LogP contribution in [0, 0.1) is 0 Å². The van der Waals surface area contributed by atoms with Gasteiger partial charge in [0.2, 0.25) is 0 Å². The first kappa shape index (κ1) is 17.8. The molecule has 0 aliphatic heterocycles. The van der Waals surface area contributed by atoms with Crippen molar-refractivity contribution >= 4 is 18.9 Å². The Balaban J connectivity index is 5.37. The average Bonchev–Trinajstić information content (AvgIpc) is 1.95. The Morgan fingerprint density at radius 2 is 1.28 bits per heavy atom. The van der Waals surface area contributed by atoms with E-state index in [1.165, 1.54) is 0 Å². The maximum atomic E-state index is 12.2. The van der Waals surface area contributed by atoms with E-state index >= 15 is 0 Å². The lowest BCUT2D eigenvalue weighted by atomic mass is 11.5. The van der Waals surface area contributed by atoms with E-state index in [0.717, 1.165) is 0 Å². The zero-order valence-corrected chi connectivity index (χ0v) is 10.6. The van der Waals surface area contributed by atoms with Gasteiger partial charge in [-0.2, -0.15) is 39.5 Å². The molecule has 0 aromatic heterocycles. The highest BCUT2D eigenvalue weighted by Crippen LogP contribution is 2.41. The average molecular weight is 327 g/mol. The summed E-state index contributed by atoms with van der Waals surface area (Å²) in [5, 5.41) is 0. The maximum absolute atomic E-state index is 12.2. The van der Waals surface area contributed by atoms with E-state index in [9.17, 15) is 34.8 Å². The van der Waals surface area contributed by atoms with Crippen LogP contribution in [0.25, 0.3) is 0 Å². The van der Waals surface area contributed by atoms with Crippen molar-refractivity contribution in [3.63, 3.8) is 0 Å². The van der Waals surface area contributed by atoms with E-state index in [1.807, 2.05) is 0 Å². The van der Waals surface area contributed by atoms with E-state index in [1.54, 1.807) is 0 Å². The smallest absolute Gasteiger partial charge is 0.295 e. The Morgan fingerprint density at radius 1 is 0.944 bits per heavy atom. The highest BCUT2D eigenvalue weighted by Gasteiger charge is 2.56. The number of hydrogen-bond acceptors (Lipinski definition) is 2. The molecule has 0 heterocycles. The molecular weight excluding hydrogens is 316 g/mol. The molecule has 0 saturated heterocycles. The van der Waals surface area contributed by atoms with Gasteiger partial charge in [-0.1, -0.05) is 18.9 Å². The number of alkyl halides is 6. The molecule has 0 aliphatic rings. The van der Waals surface area contributed by atoms with Crippen LogP contribution >= 0.6 is 0 Å². The predicted molar refractivity (Wildman–Crippen MR) is 53.5 cm³/mol. The van der Waals surface area contributed by atoms with E-state index in [4.69, 9.17) is 9.11 Å². The van der Waals surface area contributed by atoms with Gasteiger partial charge in [-0.15, -0.1) is 0 Å². The lowest BCUT2D eigenvalue weighted by molar-refractivity contribution is -0.0568. The summed E-state index contributed by atoms with van der Waals surface area (Å²) in [4.78, 5) is 0. The third-order valence-electron chi connectivity index (χ3n) is 1.88. The second kappa shape index (κ2) is 3.65. The molecule has 0 rings (SSSR count). The Kier molecular flexibility index (Phi) is 3.60. The van der Waals surface area contributed by atoms with Crippen LogP contribution in [0.3, 0.4) is 0 Å². The number of hydrogen-bond donors (Lipinski definition) is 3. The molecule has 18 heavy (non-hydrogen) atoms. The first-order chi connectivity index (χ1) is 7.26. The summed E-state index contributed by atoms with van der Waals surface area (Å²) < 4.78 is 114. The van der Waals surface area contributed by atoms with Gasteiger partial charge in [-0.25, -0.2) is 0 Å². The Hall–Kier alpha value is -0.240. The molecule has 13 heteroatoms. The van der Waals surface area contributed by atoms with E-state index in [-0.39, 0.29) is 12.5 Å². The van der Waals surface area contributed by atoms with Crippen molar-refractivity contribution in [1.82, 2.24) is 4.72 Å². The molecule has 0 amide bonds. The highest BCUT2D eigenvalue weighted by atomic mass is 32.3. The summed E-state index contributed by atoms with van der Waals surface area (Å²) in [7, 11) is -13.2. The van der Waals surface area contributed by atoms with E-state index < -0.39 is 35.8 Å². The van der Waals surface area contributed by atoms with Gasteiger partial charge in [-0.05, 0) is 0 Å². The van der Waals surface area contributed by atoms with Gasteiger partial charge in [0.25, 0.3) is 0 Å². The minimum atomic E-state index is -6.68. The van der Waals surface area contributed by atoms with E-state index in [0.29, 0.717) is 4.72 Å². The fraction of sp³-hybridized carbons (Fsp3) is 1.00. The second-order valence-electron chi connectivity index (χ2n) is 3.95. The largest absolute Gasteiger partial charge is 0.504 e. The summed E-state index contributed by atoms with van der Waals surface area (Å²) in [6.07, 6.45) is -0.542. The van der Waals surface area contributed by atoms with Crippen molar-refractivity contribution < 1.29 is 43.9 Å². The van der Waals surface area contributed by atoms with Crippen LogP contribution < -0.4 is 4.72 Å². The summed E-state index contributed by atoms with van der Waals surface area (Å²) in [5.41, 5.74) is -11.5. The molecule has 5 nitrogen and oxygen atoms in total. The van der Waals surface area contributed by atoms with Gasteiger partial charge in [0, 0.05) is 12.5 Å². The molecule has 0 aromatic carbocycles. The topological polar surface area (TPSA) is 86.6 Å². The van der Waals surface area contributed by atoms with Gasteiger partial charge < -0.3 is 0 Å². The molecular formula is C5H11F6NO4S2. The zero-order valence-electron chi connectivity index (χ0n) is 9.00.